The molecule has 1 aliphatic carbocycles. The van der Waals surface area contributed by atoms with Gasteiger partial charge in [0.1, 0.15) is 5.82 Å². The Kier molecular flexibility index (Phi) is 7.80. The van der Waals surface area contributed by atoms with Gasteiger partial charge in [-0.25, -0.2) is 4.39 Å². The molecule has 1 N–H and O–H groups in total. The fourth-order valence-electron chi connectivity index (χ4n) is 4.48. The number of carbonyl (C=O) groups excluding carboxylic acids is 1. The Hall–Kier alpha value is -1.46. The molecule has 0 amide bonds. The van der Waals surface area contributed by atoms with E-state index in [-0.39, 0.29) is 23.6 Å². The largest absolute Gasteiger partial charge is 0.469 e. The van der Waals surface area contributed by atoms with E-state index in [2.05, 4.69) is 25.7 Å². The van der Waals surface area contributed by atoms with Gasteiger partial charge in [0.25, 0.3) is 0 Å². The summed E-state index contributed by atoms with van der Waals surface area (Å²) in [4.78, 5) is 13.6. The van der Waals surface area contributed by atoms with Gasteiger partial charge in [-0.3, -0.25) is 4.79 Å². The van der Waals surface area contributed by atoms with Crippen molar-refractivity contribution in [1.29, 1.82) is 0 Å². The Labute approximate surface area is 162 Å². The van der Waals surface area contributed by atoms with Crippen LogP contribution in [0.15, 0.2) is 18.2 Å². The van der Waals surface area contributed by atoms with Crippen LogP contribution >= 0.6 is 0 Å². The minimum atomic E-state index is -0.783. The number of hydrogen-bond acceptors (Lipinski definition) is 4. The highest BCUT2D eigenvalue weighted by atomic mass is 19.1. The molecule has 0 heterocycles. The fraction of sp³-hybridized carbons (Fsp3) is 0.682. The van der Waals surface area contributed by atoms with Crippen LogP contribution in [0.5, 0.6) is 0 Å². The lowest BCUT2D eigenvalue weighted by atomic mass is 9.66. The van der Waals surface area contributed by atoms with E-state index >= 15 is 0 Å². The van der Waals surface area contributed by atoms with E-state index in [0.717, 1.165) is 37.2 Å². The number of aryl methyl sites for hydroxylation is 1. The van der Waals surface area contributed by atoms with Crippen LogP contribution in [-0.2, 0) is 16.0 Å². The molecule has 0 spiro atoms. The average molecular weight is 380 g/mol. The Morgan fingerprint density at radius 3 is 2.78 bits per heavy atom. The van der Waals surface area contributed by atoms with Crippen LogP contribution in [0.4, 0.5) is 4.39 Å². The molecule has 0 saturated heterocycles. The summed E-state index contributed by atoms with van der Waals surface area (Å²) in [7, 11) is 1.41. The number of aliphatic hydroxyl groups is 1. The van der Waals surface area contributed by atoms with Gasteiger partial charge in [-0.05, 0) is 68.0 Å². The van der Waals surface area contributed by atoms with Crippen molar-refractivity contribution in [2.45, 2.75) is 64.4 Å². The summed E-state index contributed by atoms with van der Waals surface area (Å²) in [5.41, 5.74) is 1.34. The molecule has 1 aromatic rings. The number of halogens is 1. The first-order chi connectivity index (χ1) is 12.8. The molecule has 0 unspecified atom stereocenters. The fourth-order valence-corrected chi connectivity index (χ4v) is 4.48. The standard InChI is InChI=1S/C22H34FNO3/c1-5-24(13-6-7-20(25)27-4)14-12-22(26)11-10-17-15-18(23)8-9-19(17)21(22)16(2)3/h8-9,15-16,21,26H,5-7,10-14H2,1-4H3/t21-,22-/m0/s1. The average Bonchev–Trinajstić information content (AvgIpc) is 2.64. The van der Waals surface area contributed by atoms with E-state index in [4.69, 9.17) is 4.74 Å². The van der Waals surface area contributed by atoms with Gasteiger partial charge in [-0.2, -0.15) is 0 Å². The summed E-state index contributed by atoms with van der Waals surface area (Å²) in [5.74, 6) is -0.102. The van der Waals surface area contributed by atoms with Crippen LogP contribution in [0.2, 0.25) is 0 Å². The van der Waals surface area contributed by atoms with E-state index in [1.165, 1.54) is 13.2 Å². The van der Waals surface area contributed by atoms with Gasteiger partial charge in [0.15, 0.2) is 0 Å². The molecule has 0 fully saturated rings. The SMILES string of the molecule is CCN(CCCC(=O)OC)CC[C@@]1(O)CCc2cc(F)ccc2[C@@H]1C(C)C. The second-order valence-corrected chi connectivity index (χ2v) is 8.03. The Morgan fingerprint density at radius 1 is 1.41 bits per heavy atom. The number of benzene rings is 1. The highest BCUT2D eigenvalue weighted by Gasteiger charge is 2.43. The summed E-state index contributed by atoms with van der Waals surface area (Å²) in [6, 6.07) is 4.98. The highest BCUT2D eigenvalue weighted by molar-refractivity contribution is 5.69. The highest BCUT2D eigenvalue weighted by Crippen LogP contribution is 2.45. The topological polar surface area (TPSA) is 49.8 Å². The van der Waals surface area contributed by atoms with Crippen molar-refractivity contribution in [3.05, 3.63) is 35.1 Å². The minimum absolute atomic E-state index is 0.00984. The summed E-state index contributed by atoms with van der Waals surface area (Å²) < 4.78 is 18.3. The van der Waals surface area contributed by atoms with E-state index in [1.807, 2.05) is 6.07 Å². The monoisotopic (exact) mass is 379 g/mol. The number of hydrogen-bond donors (Lipinski definition) is 1. The lowest BCUT2D eigenvalue weighted by Gasteiger charge is -2.44. The van der Waals surface area contributed by atoms with Gasteiger partial charge >= 0.3 is 5.97 Å². The summed E-state index contributed by atoms with van der Waals surface area (Å²) in [6.45, 7) is 8.83. The minimum Gasteiger partial charge on any atom is -0.469 e. The van der Waals surface area contributed by atoms with Crippen molar-refractivity contribution in [3.8, 4) is 0 Å². The third-order valence-electron chi connectivity index (χ3n) is 5.90. The van der Waals surface area contributed by atoms with Gasteiger partial charge in [0.05, 0.1) is 12.7 Å². The Balaban J connectivity index is 2.04. The predicted octanol–water partition coefficient (Wildman–Crippen LogP) is 3.91. The second-order valence-electron chi connectivity index (χ2n) is 8.03. The number of esters is 1. The van der Waals surface area contributed by atoms with Crippen molar-refractivity contribution in [2.75, 3.05) is 26.7 Å². The molecule has 152 valence electrons. The molecule has 5 heteroatoms. The van der Waals surface area contributed by atoms with Gasteiger partial charge in [-0.1, -0.05) is 26.8 Å². The van der Waals surface area contributed by atoms with Gasteiger partial charge < -0.3 is 14.7 Å². The van der Waals surface area contributed by atoms with Crippen molar-refractivity contribution in [1.82, 2.24) is 4.90 Å². The van der Waals surface area contributed by atoms with Crippen molar-refractivity contribution in [3.63, 3.8) is 0 Å². The van der Waals surface area contributed by atoms with Crippen LogP contribution in [0.25, 0.3) is 0 Å². The number of fused-ring (bicyclic) bond motifs is 1. The number of rotatable bonds is 9. The van der Waals surface area contributed by atoms with E-state index in [0.29, 0.717) is 25.7 Å². The smallest absolute Gasteiger partial charge is 0.305 e. The lowest BCUT2D eigenvalue weighted by Crippen LogP contribution is -2.45. The summed E-state index contributed by atoms with van der Waals surface area (Å²) >= 11 is 0. The van der Waals surface area contributed by atoms with Crippen LogP contribution in [-0.4, -0.2) is 48.3 Å². The number of methoxy groups -OCH3 is 1. The second kappa shape index (κ2) is 9.65. The molecule has 0 saturated carbocycles. The molecule has 1 aliphatic rings. The molecule has 0 aliphatic heterocycles. The van der Waals surface area contributed by atoms with Crippen LogP contribution in [0, 0.1) is 11.7 Å². The van der Waals surface area contributed by atoms with Crippen LogP contribution in [0.1, 0.15) is 63.5 Å². The van der Waals surface area contributed by atoms with Gasteiger partial charge in [-0.15, -0.1) is 0 Å². The van der Waals surface area contributed by atoms with Crippen molar-refractivity contribution in [2.24, 2.45) is 5.92 Å². The van der Waals surface area contributed by atoms with Crippen LogP contribution < -0.4 is 0 Å². The first kappa shape index (κ1) is 21.8. The number of ether oxygens (including phenoxy) is 1. The first-order valence-electron chi connectivity index (χ1n) is 10.1. The van der Waals surface area contributed by atoms with E-state index in [9.17, 15) is 14.3 Å². The Bertz CT molecular complexity index is 634. The lowest BCUT2D eigenvalue weighted by molar-refractivity contribution is -0.140. The molecular formula is C22H34FNO3. The van der Waals surface area contributed by atoms with E-state index < -0.39 is 5.60 Å². The molecular weight excluding hydrogens is 345 g/mol. The molecule has 2 atom stereocenters. The zero-order chi connectivity index (χ0) is 20.0. The maximum atomic E-state index is 13.6. The molecule has 27 heavy (non-hydrogen) atoms. The zero-order valence-corrected chi connectivity index (χ0v) is 17.1. The summed E-state index contributed by atoms with van der Waals surface area (Å²) in [6.07, 6.45) is 3.23. The van der Waals surface area contributed by atoms with Crippen molar-refractivity contribution < 1.29 is 19.0 Å². The van der Waals surface area contributed by atoms with Crippen molar-refractivity contribution >= 4 is 5.97 Å². The molecule has 2 rings (SSSR count). The third kappa shape index (κ3) is 5.52. The van der Waals surface area contributed by atoms with Gasteiger partial charge in [0, 0.05) is 18.9 Å². The van der Waals surface area contributed by atoms with Gasteiger partial charge in [0.2, 0.25) is 0 Å². The quantitative estimate of drug-likeness (QED) is 0.661. The molecule has 1 aromatic carbocycles. The number of carbonyl (C=O) groups is 1. The molecule has 0 radical (unpaired) electrons. The Morgan fingerprint density at radius 2 is 2.15 bits per heavy atom. The van der Waals surface area contributed by atoms with Crippen LogP contribution in [0.3, 0.4) is 0 Å². The predicted molar refractivity (Wildman–Crippen MR) is 105 cm³/mol. The normalized spacial score (nSPS) is 22.1. The first-order valence-corrected chi connectivity index (χ1v) is 10.1. The molecule has 4 nitrogen and oxygen atoms in total. The zero-order valence-electron chi connectivity index (χ0n) is 17.1. The van der Waals surface area contributed by atoms with E-state index in [1.54, 1.807) is 6.07 Å². The maximum absolute atomic E-state index is 13.6. The molecule has 0 aromatic heterocycles. The third-order valence-corrected chi connectivity index (χ3v) is 5.90. The molecule has 0 bridgehead atoms. The maximum Gasteiger partial charge on any atom is 0.305 e. The number of nitrogens with zero attached hydrogens (tertiary/aromatic N) is 1. The summed E-state index contributed by atoms with van der Waals surface area (Å²) in [5, 5.41) is 11.5.